The van der Waals surface area contributed by atoms with Crippen LogP contribution < -0.4 is 19.1 Å². The number of carbonyl (C=O) groups excluding carboxylic acids is 2. The van der Waals surface area contributed by atoms with E-state index in [1.54, 1.807) is 25.2 Å². The molecule has 264 valence electrons. The number of aliphatic hydroxyl groups is 2. The smallest absolute Gasteiger partial charge is 0.301 e. The van der Waals surface area contributed by atoms with E-state index < -0.39 is 40.1 Å². The number of anilines is 1. The van der Waals surface area contributed by atoms with E-state index >= 15 is 0 Å². The van der Waals surface area contributed by atoms with Gasteiger partial charge in [-0.1, -0.05) is 35.9 Å². The van der Waals surface area contributed by atoms with Gasteiger partial charge >= 0.3 is 10.2 Å². The molecule has 7 rings (SSSR count). The van der Waals surface area contributed by atoms with Crippen LogP contribution in [0.25, 0.3) is 0 Å². The number of ether oxygens (including phenoxy) is 1. The van der Waals surface area contributed by atoms with Crippen molar-refractivity contribution in [3.8, 4) is 5.75 Å². The molecule has 2 amide bonds. The predicted octanol–water partition coefficient (Wildman–Crippen LogP) is 3.31. The summed E-state index contributed by atoms with van der Waals surface area (Å²) < 4.78 is 36.7. The molecule has 5 atom stereocenters. The third kappa shape index (κ3) is 6.95. The number of aliphatic hydroxyl groups excluding tert-OH is 1. The van der Waals surface area contributed by atoms with Gasteiger partial charge in [0.15, 0.2) is 5.60 Å². The summed E-state index contributed by atoms with van der Waals surface area (Å²) >= 11 is 6.42. The Hall–Kier alpha value is -3.16. The standard InChI is InChI=1S/C36H45ClN4O7S/c1-40-16-3-2-6-31(42)28-12-7-24(28)20-41-21-35(15-4-5-23-17-26(37)9-13-29(23)35)22-48-32-14-8-25(18-30(32)41)36(45,19-33(40)43)34(44)39-49(46,47)38-27-10-11-27/h2,6,8-9,13-14,17-18,24,27-28,31,38,42,45H,3-5,7,10-12,15-16,19-22H2,1H3,(H,39,44)/b6-2+/t24-,28+,31-,35-,36+/m0/s1. The number of hydrogen-bond donors (Lipinski definition) is 4. The number of rotatable bonds is 4. The Kier molecular flexibility index (Phi) is 9.23. The minimum Gasteiger partial charge on any atom is -0.490 e. The Morgan fingerprint density at radius 3 is 2.69 bits per heavy atom. The lowest BCUT2D eigenvalue weighted by atomic mass is 9.68. The minimum atomic E-state index is -4.29. The number of fused-ring (bicyclic) bond motifs is 4. The van der Waals surface area contributed by atoms with Crippen molar-refractivity contribution in [1.29, 1.82) is 0 Å². The highest BCUT2D eigenvalue weighted by Gasteiger charge is 2.47. The van der Waals surface area contributed by atoms with E-state index in [1.807, 2.05) is 29.0 Å². The van der Waals surface area contributed by atoms with Crippen molar-refractivity contribution < 1.29 is 33.0 Å². The summed E-state index contributed by atoms with van der Waals surface area (Å²) in [5, 5.41) is 24.1. The monoisotopic (exact) mass is 712 g/mol. The van der Waals surface area contributed by atoms with Crippen molar-refractivity contribution in [1.82, 2.24) is 14.3 Å². The van der Waals surface area contributed by atoms with Crippen LogP contribution in [0.1, 0.15) is 68.1 Å². The number of amides is 2. The molecule has 0 radical (unpaired) electrons. The first kappa shape index (κ1) is 34.3. The van der Waals surface area contributed by atoms with E-state index in [1.165, 1.54) is 16.0 Å². The van der Waals surface area contributed by atoms with Gasteiger partial charge in [-0.2, -0.15) is 13.1 Å². The Labute approximate surface area is 292 Å². The van der Waals surface area contributed by atoms with Gasteiger partial charge in [0.25, 0.3) is 5.91 Å². The van der Waals surface area contributed by atoms with Crippen LogP contribution in [-0.4, -0.2) is 80.8 Å². The molecule has 11 nitrogen and oxygen atoms in total. The van der Waals surface area contributed by atoms with Crippen LogP contribution in [0.5, 0.6) is 5.75 Å². The summed E-state index contributed by atoms with van der Waals surface area (Å²) in [6.07, 6.45) is 8.77. The zero-order chi connectivity index (χ0) is 34.6. The number of benzene rings is 2. The molecule has 1 spiro atoms. The van der Waals surface area contributed by atoms with Crippen LogP contribution in [0.3, 0.4) is 0 Å². The molecule has 2 aromatic rings. The lowest BCUT2D eigenvalue weighted by Crippen LogP contribution is -2.52. The number of hydrogen-bond acceptors (Lipinski definition) is 8. The molecule has 0 aromatic heterocycles. The molecule has 49 heavy (non-hydrogen) atoms. The fourth-order valence-corrected chi connectivity index (χ4v) is 9.36. The molecule has 0 saturated heterocycles. The molecule has 2 fully saturated rings. The fraction of sp³-hybridized carbons (Fsp3) is 0.556. The lowest BCUT2D eigenvalue weighted by Gasteiger charge is -2.45. The number of nitrogens with zero attached hydrogens (tertiary/aromatic N) is 2. The van der Waals surface area contributed by atoms with Crippen molar-refractivity contribution in [2.75, 3.05) is 38.2 Å². The molecule has 2 heterocycles. The first-order valence-electron chi connectivity index (χ1n) is 17.3. The van der Waals surface area contributed by atoms with Gasteiger partial charge < -0.3 is 24.7 Å². The first-order valence-corrected chi connectivity index (χ1v) is 19.2. The van der Waals surface area contributed by atoms with Crippen molar-refractivity contribution in [3.63, 3.8) is 0 Å². The number of carbonyl (C=O) groups is 2. The molecule has 4 N–H and O–H groups in total. The Balaban J connectivity index is 1.32. The maximum atomic E-state index is 13.9. The summed E-state index contributed by atoms with van der Waals surface area (Å²) in [7, 11) is -2.72. The second kappa shape index (κ2) is 13.2. The number of aryl methyl sites for hydroxylation is 1. The lowest BCUT2D eigenvalue weighted by molar-refractivity contribution is -0.148. The molecule has 2 saturated carbocycles. The van der Waals surface area contributed by atoms with E-state index in [9.17, 15) is 28.2 Å². The second-order valence-corrected chi connectivity index (χ2v) is 16.6. The van der Waals surface area contributed by atoms with Gasteiger partial charge in [0.2, 0.25) is 5.91 Å². The third-order valence-electron chi connectivity index (χ3n) is 11.2. The topological polar surface area (TPSA) is 149 Å². The van der Waals surface area contributed by atoms with Gasteiger partial charge in [0, 0.05) is 43.2 Å². The van der Waals surface area contributed by atoms with Crippen LogP contribution in [-0.2, 0) is 37.2 Å². The van der Waals surface area contributed by atoms with Crippen molar-refractivity contribution in [2.24, 2.45) is 11.8 Å². The maximum Gasteiger partial charge on any atom is 0.301 e. The second-order valence-electron chi connectivity index (χ2n) is 14.7. The van der Waals surface area contributed by atoms with Gasteiger partial charge in [-0.05, 0) is 104 Å². The van der Waals surface area contributed by atoms with Crippen LogP contribution in [0.4, 0.5) is 5.69 Å². The van der Waals surface area contributed by atoms with Crippen LogP contribution >= 0.6 is 11.6 Å². The SMILES string of the molecule is CN1CC/C=C/[C@H](O)[C@@H]2CC[C@H]2CN2C[C@@]3(CCCc4cc(Cl)ccc43)COc3ccc(cc32)[C@@](O)(C(=O)NS(=O)(=O)NC2CC2)CC1=O. The molecular weight excluding hydrogens is 668 g/mol. The molecular formula is C36H45ClN4O7S. The molecule has 5 aliphatic rings. The number of nitrogens with one attached hydrogen (secondary N) is 2. The third-order valence-corrected chi connectivity index (χ3v) is 12.5. The van der Waals surface area contributed by atoms with Crippen molar-refractivity contribution >= 4 is 39.3 Å². The summed E-state index contributed by atoms with van der Waals surface area (Å²) in [6.45, 7) is 1.88. The Bertz CT molecular complexity index is 1770. The average Bonchev–Trinajstić information content (AvgIpc) is 3.87. The zero-order valence-electron chi connectivity index (χ0n) is 27.7. The minimum absolute atomic E-state index is 0.0552. The maximum absolute atomic E-state index is 13.9. The van der Waals surface area contributed by atoms with E-state index in [2.05, 4.69) is 15.7 Å². The van der Waals surface area contributed by atoms with Crippen molar-refractivity contribution in [2.45, 2.75) is 80.9 Å². The highest BCUT2D eigenvalue weighted by Crippen LogP contribution is 2.47. The summed E-state index contributed by atoms with van der Waals surface area (Å²) in [4.78, 5) is 31.0. The quantitative estimate of drug-likeness (QED) is 0.353. The van der Waals surface area contributed by atoms with E-state index in [0.717, 1.165) is 32.1 Å². The van der Waals surface area contributed by atoms with Crippen LogP contribution in [0.2, 0.25) is 5.02 Å². The summed E-state index contributed by atoms with van der Waals surface area (Å²) in [6, 6.07) is 10.7. The van der Waals surface area contributed by atoms with E-state index in [-0.39, 0.29) is 35.4 Å². The molecule has 3 aliphatic carbocycles. The zero-order valence-corrected chi connectivity index (χ0v) is 29.3. The Morgan fingerprint density at radius 2 is 1.94 bits per heavy atom. The first-order chi connectivity index (χ1) is 23.4. The number of halogens is 1. The van der Waals surface area contributed by atoms with E-state index in [4.69, 9.17) is 16.3 Å². The van der Waals surface area contributed by atoms with Crippen molar-refractivity contribution in [3.05, 3.63) is 70.3 Å². The van der Waals surface area contributed by atoms with Gasteiger partial charge in [-0.25, -0.2) is 4.72 Å². The largest absolute Gasteiger partial charge is 0.490 e. The van der Waals surface area contributed by atoms with E-state index in [0.29, 0.717) is 55.4 Å². The highest BCUT2D eigenvalue weighted by atomic mass is 35.5. The molecule has 13 heteroatoms. The van der Waals surface area contributed by atoms with Crippen LogP contribution in [0, 0.1) is 11.8 Å². The summed E-state index contributed by atoms with van der Waals surface area (Å²) in [5.74, 6) is -0.948. The fourth-order valence-electron chi connectivity index (χ4n) is 8.02. The van der Waals surface area contributed by atoms with Gasteiger partial charge in [0.05, 0.1) is 24.8 Å². The van der Waals surface area contributed by atoms with Gasteiger partial charge in [-0.15, -0.1) is 0 Å². The predicted molar refractivity (Wildman–Crippen MR) is 186 cm³/mol. The highest BCUT2D eigenvalue weighted by molar-refractivity contribution is 7.88. The van der Waals surface area contributed by atoms with Crippen LogP contribution in [0.15, 0.2) is 48.6 Å². The molecule has 2 aromatic carbocycles. The van der Waals surface area contributed by atoms with Gasteiger partial charge in [0.1, 0.15) is 5.75 Å². The molecule has 2 aliphatic heterocycles. The molecule has 0 unspecified atom stereocenters. The summed E-state index contributed by atoms with van der Waals surface area (Å²) in [5.41, 5.74) is 0.235. The normalized spacial score (nSPS) is 31.1. The molecule has 2 bridgehead atoms. The Morgan fingerprint density at radius 1 is 1.12 bits per heavy atom. The van der Waals surface area contributed by atoms with Gasteiger partial charge in [-0.3, -0.25) is 9.59 Å². The average molecular weight is 713 g/mol.